The summed E-state index contributed by atoms with van der Waals surface area (Å²) in [5.41, 5.74) is 2.19. The fraction of sp³-hybridized carbons (Fsp3) is 0.522. The topological polar surface area (TPSA) is 85.9 Å². The molecule has 3 heterocycles. The van der Waals surface area contributed by atoms with E-state index in [1.165, 1.54) is 17.4 Å². The number of nitrogens with zero attached hydrogens (tertiary/aromatic N) is 5. The number of carbonyl (C=O) groups excluding carboxylic acids is 1. The highest BCUT2D eigenvalue weighted by molar-refractivity contribution is 7.98. The molecule has 0 spiro atoms. The van der Waals surface area contributed by atoms with Crippen molar-refractivity contribution in [1.82, 2.24) is 20.2 Å². The lowest BCUT2D eigenvalue weighted by Gasteiger charge is -2.35. The van der Waals surface area contributed by atoms with E-state index in [-0.39, 0.29) is 5.91 Å². The molecule has 1 aromatic carbocycles. The third kappa shape index (κ3) is 6.88. The molecule has 2 aliphatic heterocycles. The molecule has 4 rings (SSSR count). The van der Waals surface area contributed by atoms with E-state index < -0.39 is 0 Å². The molecule has 34 heavy (non-hydrogen) atoms. The summed E-state index contributed by atoms with van der Waals surface area (Å²) in [6.45, 7) is 7.52. The van der Waals surface area contributed by atoms with Gasteiger partial charge in [0.1, 0.15) is 11.6 Å². The number of morpholine rings is 1. The van der Waals surface area contributed by atoms with Crippen LogP contribution in [0.15, 0.2) is 35.5 Å². The molecule has 0 atom stereocenters. The maximum absolute atomic E-state index is 12.0. The number of hydrogen-bond acceptors (Lipinski definition) is 9. The molecule has 2 aromatic rings. The van der Waals surface area contributed by atoms with Gasteiger partial charge in [0, 0.05) is 69.1 Å². The number of aromatic nitrogens is 2. The van der Waals surface area contributed by atoms with Gasteiger partial charge >= 0.3 is 0 Å². The van der Waals surface area contributed by atoms with Crippen molar-refractivity contribution in [3.63, 3.8) is 0 Å². The average Bonchev–Trinajstić information content (AvgIpc) is 2.88. The Bertz CT molecular complexity index is 935. The summed E-state index contributed by atoms with van der Waals surface area (Å²) < 4.78 is 5.44. The van der Waals surface area contributed by atoms with Crippen molar-refractivity contribution in [3.8, 4) is 0 Å². The van der Waals surface area contributed by atoms with Gasteiger partial charge in [0.2, 0.25) is 5.91 Å². The Labute approximate surface area is 210 Å². The number of hydrogen-bond donors (Lipinski definition) is 2. The summed E-state index contributed by atoms with van der Waals surface area (Å²) in [6, 6.07) is 10.4. The van der Waals surface area contributed by atoms with Gasteiger partial charge in [-0.3, -0.25) is 9.69 Å². The van der Waals surface area contributed by atoms with E-state index in [0.717, 1.165) is 75.0 Å². The molecule has 9 nitrogen and oxygen atoms in total. The van der Waals surface area contributed by atoms with Gasteiger partial charge in [-0.2, -0.15) is 0 Å². The van der Waals surface area contributed by atoms with E-state index in [4.69, 9.17) is 21.3 Å². The van der Waals surface area contributed by atoms with Crippen LogP contribution in [0.5, 0.6) is 0 Å². The van der Waals surface area contributed by atoms with Gasteiger partial charge in [-0.1, -0.05) is 11.8 Å². The molecule has 184 valence electrons. The molecule has 0 unspecified atom stereocenters. The summed E-state index contributed by atoms with van der Waals surface area (Å²) in [4.78, 5) is 28.1. The van der Waals surface area contributed by atoms with Crippen LogP contribution in [0.25, 0.3) is 0 Å². The van der Waals surface area contributed by atoms with E-state index in [2.05, 4.69) is 54.6 Å². The maximum Gasteiger partial charge on any atom is 0.234 e. The molecule has 1 amide bonds. The van der Waals surface area contributed by atoms with Crippen molar-refractivity contribution >= 4 is 52.3 Å². The molecular weight excluding hydrogens is 474 g/mol. The van der Waals surface area contributed by atoms with Crippen molar-refractivity contribution in [3.05, 3.63) is 30.3 Å². The van der Waals surface area contributed by atoms with Crippen molar-refractivity contribution in [2.24, 2.45) is 0 Å². The van der Waals surface area contributed by atoms with E-state index >= 15 is 0 Å². The van der Waals surface area contributed by atoms with Crippen LogP contribution in [0.1, 0.15) is 0 Å². The fourth-order valence-electron chi connectivity index (χ4n) is 4.04. The Kier molecular flexibility index (Phi) is 9.09. The lowest BCUT2D eigenvalue weighted by atomic mass is 10.2. The molecule has 1 aromatic heterocycles. The second kappa shape index (κ2) is 12.4. The first-order valence-corrected chi connectivity index (χ1v) is 13.3. The minimum atomic E-state index is 0.0203. The second-order valence-corrected chi connectivity index (χ2v) is 9.32. The van der Waals surface area contributed by atoms with Crippen molar-refractivity contribution in [1.29, 1.82) is 0 Å². The van der Waals surface area contributed by atoms with Gasteiger partial charge in [-0.25, -0.2) is 9.97 Å². The van der Waals surface area contributed by atoms with Gasteiger partial charge in [-0.15, -0.1) is 11.6 Å². The number of nitrogens with one attached hydrogen (secondary N) is 2. The fourth-order valence-corrected chi connectivity index (χ4v) is 4.50. The van der Waals surface area contributed by atoms with Crippen LogP contribution >= 0.6 is 23.4 Å². The Hall–Kier alpha value is -2.27. The van der Waals surface area contributed by atoms with Crippen LogP contribution in [-0.2, 0) is 9.53 Å². The highest BCUT2D eigenvalue weighted by atomic mass is 35.5. The molecule has 2 saturated heterocycles. The van der Waals surface area contributed by atoms with Crippen molar-refractivity contribution < 1.29 is 9.53 Å². The second-order valence-electron chi connectivity index (χ2n) is 8.17. The minimum absolute atomic E-state index is 0.0203. The third-order valence-electron chi connectivity index (χ3n) is 5.87. The van der Waals surface area contributed by atoms with Crippen LogP contribution in [0, 0.1) is 0 Å². The van der Waals surface area contributed by atoms with Gasteiger partial charge in [0.25, 0.3) is 0 Å². The highest BCUT2D eigenvalue weighted by Crippen LogP contribution is 2.25. The Morgan fingerprint density at radius 2 is 1.79 bits per heavy atom. The molecule has 11 heteroatoms. The molecule has 0 radical (unpaired) electrons. The van der Waals surface area contributed by atoms with Crippen LogP contribution in [0.3, 0.4) is 0 Å². The number of halogens is 1. The number of carbonyl (C=O) groups is 1. The SMILES string of the molecule is CSc1nc(Nc2ccc(N3CCOCC3)cc2)cc(N2CCN(CC(=O)NCCCl)CC2)n1. The summed E-state index contributed by atoms with van der Waals surface area (Å²) in [5, 5.41) is 6.99. The molecule has 0 bridgehead atoms. The van der Waals surface area contributed by atoms with E-state index in [1.54, 1.807) is 0 Å². The number of ether oxygens (including phenoxy) is 1. The Morgan fingerprint density at radius 3 is 2.47 bits per heavy atom. The zero-order valence-corrected chi connectivity index (χ0v) is 21.1. The Balaban J connectivity index is 1.37. The van der Waals surface area contributed by atoms with Crippen molar-refractivity contribution in [2.45, 2.75) is 5.16 Å². The molecule has 0 saturated carbocycles. The Morgan fingerprint density at radius 1 is 1.06 bits per heavy atom. The zero-order valence-electron chi connectivity index (χ0n) is 19.5. The average molecular weight is 506 g/mol. The molecule has 2 aliphatic rings. The quantitative estimate of drug-likeness (QED) is 0.303. The minimum Gasteiger partial charge on any atom is -0.378 e. The van der Waals surface area contributed by atoms with Crippen molar-refractivity contribution in [2.75, 3.05) is 92.8 Å². The maximum atomic E-state index is 12.0. The predicted octanol–water partition coefficient (Wildman–Crippen LogP) is 2.26. The zero-order chi connectivity index (χ0) is 23.8. The van der Waals surface area contributed by atoms with E-state index in [9.17, 15) is 4.79 Å². The summed E-state index contributed by atoms with van der Waals surface area (Å²) in [6.07, 6.45) is 1.98. The lowest BCUT2D eigenvalue weighted by Crippen LogP contribution is -2.49. The largest absolute Gasteiger partial charge is 0.378 e. The summed E-state index contributed by atoms with van der Waals surface area (Å²) in [7, 11) is 0. The first-order valence-electron chi connectivity index (χ1n) is 11.6. The number of amides is 1. The number of thioether (sulfide) groups is 1. The first-order chi connectivity index (χ1) is 16.6. The van der Waals surface area contributed by atoms with Crippen LogP contribution in [0.4, 0.5) is 23.0 Å². The number of rotatable bonds is 9. The highest BCUT2D eigenvalue weighted by Gasteiger charge is 2.21. The number of anilines is 4. The van der Waals surface area contributed by atoms with Crippen LogP contribution in [-0.4, -0.2) is 98.5 Å². The smallest absolute Gasteiger partial charge is 0.234 e. The van der Waals surface area contributed by atoms with E-state index in [1.807, 2.05) is 12.3 Å². The summed E-state index contributed by atoms with van der Waals surface area (Å²) in [5.74, 6) is 2.13. The number of benzene rings is 1. The van der Waals surface area contributed by atoms with Crippen LogP contribution < -0.4 is 20.4 Å². The predicted molar refractivity (Wildman–Crippen MR) is 139 cm³/mol. The first kappa shape index (κ1) is 24.8. The lowest BCUT2D eigenvalue weighted by molar-refractivity contribution is -0.122. The summed E-state index contributed by atoms with van der Waals surface area (Å²) >= 11 is 7.17. The van der Waals surface area contributed by atoms with Gasteiger partial charge < -0.3 is 25.2 Å². The van der Waals surface area contributed by atoms with E-state index in [0.29, 0.717) is 19.0 Å². The van der Waals surface area contributed by atoms with Gasteiger partial charge in [-0.05, 0) is 30.5 Å². The monoisotopic (exact) mass is 505 g/mol. The van der Waals surface area contributed by atoms with Crippen LogP contribution in [0.2, 0.25) is 0 Å². The number of piperazine rings is 1. The standard InChI is InChI=1S/C23H32ClN7O2S/c1-34-23-27-20(26-18-2-4-19(5-3-18)30-12-14-33-15-13-30)16-21(28-23)31-10-8-29(9-11-31)17-22(32)25-7-6-24/h2-5,16H,6-15,17H2,1H3,(H,25,32)(H,26,27,28). The molecule has 2 N–H and O–H groups in total. The molecule has 0 aliphatic carbocycles. The number of alkyl halides is 1. The van der Waals surface area contributed by atoms with Gasteiger partial charge in [0.15, 0.2) is 5.16 Å². The third-order valence-corrected chi connectivity index (χ3v) is 6.61. The molecular formula is C23H32ClN7O2S. The molecule has 2 fully saturated rings. The van der Waals surface area contributed by atoms with Gasteiger partial charge in [0.05, 0.1) is 19.8 Å². The normalized spacial score (nSPS) is 17.0.